The van der Waals surface area contributed by atoms with Crippen molar-refractivity contribution in [3.05, 3.63) is 71.9 Å². The third kappa shape index (κ3) is 6.94. The normalized spacial score (nSPS) is 20.5. The quantitative estimate of drug-likeness (QED) is 0.363. The number of rotatable bonds is 8. The summed E-state index contributed by atoms with van der Waals surface area (Å²) in [4.78, 5) is 48.2. The van der Waals surface area contributed by atoms with Crippen LogP contribution in [0.1, 0.15) is 37.3 Å². The minimum atomic E-state index is -5.34. The third-order valence-corrected chi connectivity index (χ3v) is 10.0. The number of hydrogen-bond acceptors (Lipinski definition) is 8. The molecule has 2 aromatic carbocycles. The molecule has 2 amide bonds. The molecule has 0 spiro atoms. The number of carbonyl (C=O) groups excluding carboxylic acids is 3. The fourth-order valence-corrected chi connectivity index (χ4v) is 6.99. The van der Waals surface area contributed by atoms with Crippen molar-refractivity contribution >= 4 is 38.7 Å². The van der Waals surface area contributed by atoms with Gasteiger partial charge in [-0.05, 0) is 61.9 Å². The Hall–Kier alpha value is -4.24. The van der Waals surface area contributed by atoms with Gasteiger partial charge in [0.05, 0.1) is 17.2 Å². The Balaban J connectivity index is 1.31. The molecular weight excluding hydrogens is 629 g/mol. The Morgan fingerprint density at radius 2 is 1.74 bits per heavy atom. The maximum atomic E-state index is 14.0. The Labute approximate surface area is 263 Å². The molecule has 3 heterocycles. The number of halogens is 3. The number of pyridine rings is 1. The molecule has 5 rings (SSSR count). The van der Waals surface area contributed by atoms with Gasteiger partial charge in [0.2, 0.25) is 15.9 Å². The van der Waals surface area contributed by atoms with E-state index >= 15 is 0 Å². The van der Waals surface area contributed by atoms with Crippen LogP contribution < -0.4 is 10.2 Å². The number of alkyl halides is 3. The van der Waals surface area contributed by atoms with Gasteiger partial charge in [-0.1, -0.05) is 30.3 Å². The van der Waals surface area contributed by atoms with E-state index in [4.69, 9.17) is 4.74 Å². The molecule has 2 aliphatic rings. The number of para-hydroxylation sites is 1. The lowest BCUT2D eigenvalue weighted by Crippen LogP contribution is -2.56. The highest BCUT2D eigenvalue weighted by molar-refractivity contribution is 7.88. The number of benzene rings is 2. The predicted molar refractivity (Wildman–Crippen MR) is 159 cm³/mol. The lowest BCUT2D eigenvalue weighted by molar-refractivity contribution is -0.208. The highest BCUT2D eigenvalue weighted by Crippen LogP contribution is 2.39. The van der Waals surface area contributed by atoms with E-state index in [1.807, 2.05) is 30.3 Å². The molecule has 11 nitrogen and oxygen atoms in total. The fourth-order valence-electron chi connectivity index (χ4n) is 6.11. The monoisotopic (exact) mass is 662 g/mol. The summed E-state index contributed by atoms with van der Waals surface area (Å²) in [6.07, 6.45) is -1.95. The first-order valence-electron chi connectivity index (χ1n) is 14.6. The molecule has 2 saturated heterocycles. The average molecular weight is 663 g/mol. The van der Waals surface area contributed by atoms with Crippen molar-refractivity contribution in [2.45, 2.75) is 50.4 Å². The molecule has 246 valence electrons. The number of aromatic nitrogens is 1. The van der Waals surface area contributed by atoms with E-state index in [0.29, 0.717) is 24.3 Å². The SMILES string of the molecule is CC1(c2ccc(OCc3ccnc4ccccc34)cc2)CCN(C(C(=O)NOC(=O)C(F)(F)F)C2CCN(S(C)(=O)=O)CC2)C1=O. The molecule has 1 N–H and O–H groups in total. The second kappa shape index (κ2) is 12.9. The first kappa shape index (κ1) is 33.1. The van der Waals surface area contributed by atoms with Crippen LogP contribution in [0, 0.1) is 5.92 Å². The number of nitrogens with one attached hydrogen (secondary N) is 1. The minimum Gasteiger partial charge on any atom is -0.489 e. The molecule has 3 aromatic rings. The average Bonchev–Trinajstić information content (AvgIpc) is 3.32. The molecular formula is C31H33F3N4O7S. The standard InChI is InChI=1S/C31H33F3N4O7S/c1-30(22-7-9-23(10-8-22)44-19-21-11-15-35-25-6-4-3-5-24(21)25)14-18-38(28(30)40)26(27(39)36-45-29(41)31(32,33)34)20-12-16-37(17-13-20)46(2,42)43/h3-11,15,20,26H,12-14,16-19H2,1-2H3,(H,36,39). The summed E-state index contributed by atoms with van der Waals surface area (Å²) in [7, 11) is -3.51. The van der Waals surface area contributed by atoms with Gasteiger partial charge in [-0.15, -0.1) is 0 Å². The van der Waals surface area contributed by atoms with Crippen LogP contribution in [0.5, 0.6) is 5.75 Å². The van der Waals surface area contributed by atoms with Crippen LogP contribution in [0.25, 0.3) is 10.9 Å². The third-order valence-electron chi connectivity index (χ3n) is 8.71. The number of hydroxylamine groups is 1. The fraction of sp³-hybridized carbons (Fsp3) is 0.419. The van der Waals surface area contributed by atoms with Gasteiger partial charge in [-0.3, -0.25) is 14.6 Å². The van der Waals surface area contributed by atoms with E-state index in [0.717, 1.165) is 22.7 Å². The van der Waals surface area contributed by atoms with Crippen molar-refractivity contribution in [3.63, 3.8) is 0 Å². The van der Waals surface area contributed by atoms with Gasteiger partial charge in [0.1, 0.15) is 18.4 Å². The van der Waals surface area contributed by atoms with Crippen LogP contribution in [0.15, 0.2) is 60.8 Å². The van der Waals surface area contributed by atoms with E-state index < -0.39 is 51.4 Å². The van der Waals surface area contributed by atoms with Crippen LogP contribution >= 0.6 is 0 Å². The van der Waals surface area contributed by atoms with Gasteiger partial charge < -0.3 is 14.5 Å². The number of hydrogen-bond donors (Lipinski definition) is 1. The van der Waals surface area contributed by atoms with Crippen molar-refractivity contribution in [3.8, 4) is 5.75 Å². The summed E-state index contributed by atoms with van der Waals surface area (Å²) in [6, 6.07) is 15.3. The van der Waals surface area contributed by atoms with Crippen LogP contribution in [-0.4, -0.2) is 78.5 Å². The highest BCUT2D eigenvalue weighted by Gasteiger charge is 2.51. The lowest BCUT2D eigenvalue weighted by Gasteiger charge is -2.38. The zero-order valence-electron chi connectivity index (χ0n) is 25.1. The number of piperidine rings is 1. The Morgan fingerprint density at radius 1 is 1.07 bits per heavy atom. The number of nitrogens with zero attached hydrogens (tertiary/aromatic N) is 3. The van der Waals surface area contributed by atoms with Crippen LogP contribution in [0.2, 0.25) is 0 Å². The first-order valence-corrected chi connectivity index (χ1v) is 16.4. The van der Waals surface area contributed by atoms with Crippen molar-refractivity contribution in [1.82, 2.24) is 19.7 Å². The molecule has 46 heavy (non-hydrogen) atoms. The maximum Gasteiger partial charge on any atom is 0.493 e. The number of ether oxygens (including phenoxy) is 1. The van der Waals surface area contributed by atoms with Gasteiger partial charge in [0.15, 0.2) is 0 Å². The summed E-state index contributed by atoms with van der Waals surface area (Å²) in [5.41, 5.74) is 2.96. The molecule has 0 aliphatic carbocycles. The van der Waals surface area contributed by atoms with E-state index in [1.54, 1.807) is 42.9 Å². The molecule has 0 radical (unpaired) electrons. The largest absolute Gasteiger partial charge is 0.493 e. The predicted octanol–water partition coefficient (Wildman–Crippen LogP) is 3.48. The number of amides is 2. The summed E-state index contributed by atoms with van der Waals surface area (Å²) < 4.78 is 69.4. The maximum absolute atomic E-state index is 14.0. The minimum absolute atomic E-state index is 0.0612. The molecule has 0 saturated carbocycles. The number of likely N-dealkylation sites (tertiary alicyclic amines) is 1. The molecule has 2 aliphatic heterocycles. The van der Waals surface area contributed by atoms with E-state index in [2.05, 4.69) is 9.82 Å². The summed E-state index contributed by atoms with van der Waals surface area (Å²) >= 11 is 0. The van der Waals surface area contributed by atoms with E-state index in [-0.39, 0.29) is 32.5 Å². The molecule has 2 fully saturated rings. The van der Waals surface area contributed by atoms with Gasteiger partial charge in [-0.25, -0.2) is 17.5 Å². The highest BCUT2D eigenvalue weighted by atomic mass is 32.2. The van der Waals surface area contributed by atoms with Crippen molar-refractivity contribution in [1.29, 1.82) is 0 Å². The Bertz CT molecular complexity index is 1720. The Morgan fingerprint density at radius 3 is 2.39 bits per heavy atom. The van der Waals surface area contributed by atoms with Crippen molar-refractivity contribution in [2.75, 3.05) is 25.9 Å². The van der Waals surface area contributed by atoms with Crippen LogP contribution in [-0.2, 0) is 41.3 Å². The Kier molecular flexibility index (Phi) is 9.27. The zero-order chi connectivity index (χ0) is 33.3. The summed E-state index contributed by atoms with van der Waals surface area (Å²) in [5, 5.41) is 0.972. The van der Waals surface area contributed by atoms with Gasteiger partial charge in [-0.2, -0.15) is 18.7 Å². The summed E-state index contributed by atoms with van der Waals surface area (Å²) in [5.74, 6) is -4.17. The van der Waals surface area contributed by atoms with Crippen molar-refractivity contribution in [2.24, 2.45) is 5.92 Å². The van der Waals surface area contributed by atoms with Gasteiger partial charge in [0.25, 0.3) is 5.91 Å². The van der Waals surface area contributed by atoms with E-state index in [9.17, 15) is 36.0 Å². The smallest absolute Gasteiger partial charge is 0.489 e. The topological polar surface area (TPSA) is 135 Å². The first-order chi connectivity index (χ1) is 21.7. The van der Waals surface area contributed by atoms with Gasteiger partial charge in [0, 0.05) is 36.8 Å². The second-order valence-corrected chi connectivity index (χ2v) is 13.7. The molecule has 2 unspecified atom stereocenters. The molecule has 1 aromatic heterocycles. The van der Waals surface area contributed by atoms with Crippen molar-refractivity contribution < 1.29 is 45.5 Å². The summed E-state index contributed by atoms with van der Waals surface area (Å²) in [6.45, 7) is 2.23. The molecule has 2 atom stereocenters. The molecule has 15 heteroatoms. The second-order valence-electron chi connectivity index (χ2n) is 11.7. The number of sulfonamides is 1. The molecule has 0 bridgehead atoms. The van der Waals surface area contributed by atoms with Crippen LogP contribution in [0.4, 0.5) is 13.2 Å². The van der Waals surface area contributed by atoms with Gasteiger partial charge >= 0.3 is 12.1 Å². The lowest BCUT2D eigenvalue weighted by atomic mass is 9.81. The van der Waals surface area contributed by atoms with Crippen LogP contribution in [0.3, 0.4) is 0 Å². The van der Waals surface area contributed by atoms with E-state index in [1.165, 1.54) is 9.21 Å². The number of fused-ring (bicyclic) bond motifs is 1. The zero-order valence-corrected chi connectivity index (χ0v) is 25.9. The number of carbonyl (C=O) groups is 3.